The van der Waals surface area contributed by atoms with Crippen LogP contribution in [0.2, 0.25) is 10.0 Å². The lowest BCUT2D eigenvalue weighted by Crippen LogP contribution is -2.43. The topological polar surface area (TPSA) is 61.5 Å². The van der Waals surface area contributed by atoms with Gasteiger partial charge in [0.25, 0.3) is 6.47 Å². The first-order valence-electron chi connectivity index (χ1n) is 12.8. The second-order valence-corrected chi connectivity index (χ2v) is 10.6. The highest BCUT2D eigenvalue weighted by atomic mass is 35.5. The van der Waals surface area contributed by atoms with Gasteiger partial charge in [0.15, 0.2) is 0 Å². The molecule has 9 heteroatoms. The summed E-state index contributed by atoms with van der Waals surface area (Å²) in [6.07, 6.45) is 0.594. The molecular formula is C30H29Cl2FN4O2. The third-order valence-corrected chi connectivity index (χ3v) is 7.78. The van der Waals surface area contributed by atoms with Crippen molar-refractivity contribution < 1.29 is 13.9 Å². The van der Waals surface area contributed by atoms with Crippen molar-refractivity contribution in [3.05, 3.63) is 111 Å². The summed E-state index contributed by atoms with van der Waals surface area (Å²) in [6, 6.07) is 20.0. The van der Waals surface area contributed by atoms with Gasteiger partial charge in [0.2, 0.25) is 0 Å². The Kier molecular flexibility index (Phi) is 8.63. The Balaban J connectivity index is 1.63. The zero-order chi connectivity index (χ0) is 27.4. The van der Waals surface area contributed by atoms with Crippen LogP contribution in [-0.4, -0.2) is 59.5 Å². The number of rotatable bonds is 9. The van der Waals surface area contributed by atoms with Crippen molar-refractivity contribution in [2.75, 3.05) is 33.2 Å². The highest BCUT2D eigenvalue weighted by Crippen LogP contribution is 2.44. The molecule has 0 aliphatic carbocycles. The average molecular weight is 567 g/mol. The molecule has 202 valence electrons. The van der Waals surface area contributed by atoms with Gasteiger partial charge in [-0.05, 0) is 36.4 Å². The molecule has 0 saturated carbocycles. The minimum atomic E-state index is -1.01. The maximum Gasteiger partial charge on any atom is 0.293 e. The smallest absolute Gasteiger partial charge is 0.293 e. The predicted molar refractivity (Wildman–Crippen MR) is 151 cm³/mol. The molecule has 4 aromatic rings. The Labute approximate surface area is 237 Å². The molecule has 5 rings (SSSR count). The number of halogens is 3. The van der Waals surface area contributed by atoms with Gasteiger partial charge >= 0.3 is 0 Å². The van der Waals surface area contributed by atoms with Crippen molar-refractivity contribution in [1.82, 2.24) is 19.8 Å². The molecule has 1 saturated heterocycles. The quantitative estimate of drug-likeness (QED) is 0.240. The Morgan fingerprint density at radius 3 is 2.56 bits per heavy atom. The number of hydrogen-bond donors (Lipinski definition) is 1. The fraction of sp³-hybridized carbons (Fsp3) is 0.267. The lowest BCUT2D eigenvalue weighted by molar-refractivity contribution is -0.134. The number of aromatic amines is 1. The lowest BCUT2D eigenvalue weighted by atomic mass is 9.84. The van der Waals surface area contributed by atoms with Crippen LogP contribution in [0.15, 0.2) is 73.1 Å². The van der Waals surface area contributed by atoms with Crippen molar-refractivity contribution in [3.8, 4) is 11.3 Å². The number of piperazine rings is 1. The van der Waals surface area contributed by atoms with E-state index in [0.29, 0.717) is 22.9 Å². The molecule has 2 atom stereocenters. The van der Waals surface area contributed by atoms with E-state index in [-0.39, 0.29) is 10.6 Å². The molecule has 1 fully saturated rings. The number of carbonyl (C=O) groups excluding carboxylic acids is 1. The first-order chi connectivity index (χ1) is 19.0. The highest BCUT2D eigenvalue weighted by Gasteiger charge is 2.34. The van der Waals surface area contributed by atoms with Crippen LogP contribution in [0.25, 0.3) is 11.3 Å². The predicted octanol–water partition coefficient (Wildman–Crippen LogP) is 6.32. The monoisotopic (exact) mass is 566 g/mol. The maximum atomic E-state index is 15.3. The van der Waals surface area contributed by atoms with Crippen LogP contribution in [0, 0.1) is 5.82 Å². The number of H-pyrrole nitrogens is 1. The van der Waals surface area contributed by atoms with Gasteiger partial charge in [0.05, 0.1) is 28.7 Å². The standard InChI is InChI=1S/C30H29Cl2FN4O2/c1-36-12-14-37(15-13-36)17-21-10-11-22(31)16-24(21)28-29(35-18-34-28)26(20-6-3-2-4-7-20)30(39-19-38)23-8-5-9-25(32)27(23)33/h2-11,16,18-19,26,30H,12-15,17H2,1H3,(H,34,35). The van der Waals surface area contributed by atoms with Crippen molar-refractivity contribution in [2.24, 2.45) is 0 Å². The van der Waals surface area contributed by atoms with Gasteiger partial charge in [-0.15, -0.1) is 0 Å². The molecule has 2 heterocycles. The van der Waals surface area contributed by atoms with Crippen molar-refractivity contribution in [2.45, 2.75) is 18.6 Å². The summed E-state index contributed by atoms with van der Waals surface area (Å²) in [6.45, 7) is 5.00. The van der Waals surface area contributed by atoms with Gasteiger partial charge in [-0.3, -0.25) is 9.69 Å². The molecule has 6 nitrogen and oxygen atoms in total. The van der Waals surface area contributed by atoms with Crippen LogP contribution < -0.4 is 0 Å². The summed E-state index contributed by atoms with van der Waals surface area (Å²) in [5.74, 6) is -1.25. The van der Waals surface area contributed by atoms with Crippen LogP contribution in [-0.2, 0) is 16.1 Å². The number of benzene rings is 3. The van der Waals surface area contributed by atoms with E-state index < -0.39 is 17.8 Å². The maximum absolute atomic E-state index is 15.3. The zero-order valence-electron chi connectivity index (χ0n) is 21.5. The van der Waals surface area contributed by atoms with Gasteiger partial charge in [0.1, 0.15) is 11.9 Å². The molecule has 1 N–H and O–H groups in total. The summed E-state index contributed by atoms with van der Waals surface area (Å²) >= 11 is 12.6. The van der Waals surface area contributed by atoms with Gasteiger partial charge in [0, 0.05) is 48.9 Å². The third-order valence-electron chi connectivity index (χ3n) is 7.25. The third kappa shape index (κ3) is 6.02. The molecule has 0 amide bonds. The molecule has 0 spiro atoms. The second kappa shape index (κ2) is 12.3. The molecule has 1 aliphatic heterocycles. The second-order valence-electron chi connectivity index (χ2n) is 9.73. The van der Waals surface area contributed by atoms with Crippen LogP contribution in [0.1, 0.15) is 34.4 Å². The van der Waals surface area contributed by atoms with E-state index in [1.165, 1.54) is 6.07 Å². The molecule has 3 aromatic carbocycles. The largest absolute Gasteiger partial charge is 0.459 e. The van der Waals surface area contributed by atoms with Crippen LogP contribution in [0.4, 0.5) is 4.39 Å². The number of carbonyl (C=O) groups is 1. The number of nitrogens with zero attached hydrogens (tertiary/aromatic N) is 3. The van der Waals surface area contributed by atoms with E-state index >= 15 is 4.39 Å². The average Bonchev–Trinajstić information content (AvgIpc) is 3.42. The fourth-order valence-corrected chi connectivity index (χ4v) is 5.55. The van der Waals surface area contributed by atoms with Gasteiger partial charge in [-0.2, -0.15) is 0 Å². The molecule has 39 heavy (non-hydrogen) atoms. The van der Waals surface area contributed by atoms with Crippen molar-refractivity contribution >= 4 is 29.7 Å². The SMILES string of the molecule is CN1CCN(Cc2ccc(Cl)cc2-c2nc[nH]c2C(c2ccccc2)C(OC=O)c2cccc(Cl)c2F)CC1. The summed E-state index contributed by atoms with van der Waals surface area (Å²) < 4.78 is 21.0. The summed E-state index contributed by atoms with van der Waals surface area (Å²) in [5.41, 5.74) is 4.28. The molecule has 0 radical (unpaired) electrons. The van der Waals surface area contributed by atoms with E-state index in [2.05, 4.69) is 21.8 Å². The van der Waals surface area contributed by atoms with E-state index in [1.807, 2.05) is 48.5 Å². The molecule has 0 bridgehead atoms. The molecule has 1 aliphatic rings. The van der Waals surface area contributed by atoms with Crippen LogP contribution in [0.3, 0.4) is 0 Å². The number of imidazole rings is 1. The van der Waals surface area contributed by atoms with E-state index in [4.69, 9.17) is 32.9 Å². The van der Waals surface area contributed by atoms with E-state index in [1.54, 1.807) is 18.5 Å². The summed E-state index contributed by atoms with van der Waals surface area (Å²) in [5, 5.41) is 0.534. The normalized spacial score (nSPS) is 16.1. The Morgan fingerprint density at radius 2 is 1.82 bits per heavy atom. The van der Waals surface area contributed by atoms with E-state index in [9.17, 15) is 4.79 Å². The summed E-state index contributed by atoms with van der Waals surface area (Å²) in [4.78, 5) is 24.5. The number of nitrogens with one attached hydrogen (secondary N) is 1. The fourth-order valence-electron chi connectivity index (χ4n) is 5.19. The minimum absolute atomic E-state index is 0.0482. The Bertz CT molecular complexity index is 1420. The van der Waals surface area contributed by atoms with E-state index in [0.717, 1.165) is 49.4 Å². The van der Waals surface area contributed by atoms with Gasteiger partial charge in [-0.1, -0.05) is 71.7 Å². The minimum Gasteiger partial charge on any atom is -0.459 e. The zero-order valence-corrected chi connectivity index (χ0v) is 23.0. The Morgan fingerprint density at radius 1 is 1.05 bits per heavy atom. The highest BCUT2D eigenvalue weighted by molar-refractivity contribution is 6.31. The molecular weight excluding hydrogens is 538 g/mol. The molecule has 2 unspecified atom stereocenters. The lowest BCUT2D eigenvalue weighted by Gasteiger charge is -2.33. The van der Waals surface area contributed by atoms with Gasteiger partial charge < -0.3 is 14.6 Å². The Hall–Kier alpha value is -3.23. The number of aromatic nitrogens is 2. The first kappa shape index (κ1) is 27.3. The first-order valence-corrected chi connectivity index (χ1v) is 13.5. The number of likely N-dealkylation sites (N-methyl/N-ethyl adjacent to an activating group) is 1. The number of hydrogen-bond acceptors (Lipinski definition) is 5. The van der Waals surface area contributed by atoms with Crippen molar-refractivity contribution in [1.29, 1.82) is 0 Å². The van der Waals surface area contributed by atoms with Gasteiger partial charge in [-0.25, -0.2) is 9.37 Å². The van der Waals surface area contributed by atoms with Crippen LogP contribution in [0.5, 0.6) is 0 Å². The number of ether oxygens (including phenoxy) is 1. The molecule has 1 aromatic heterocycles. The van der Waals surface area contributed by atoms with Crippen LogP contribution >= 0.6 is 23.2 Å². The summed E-state index contributed by atoms with van der Waals surface area (Å²) in [7, 11) is 2.13. The van der Waals surface area contributed by atoms with Crippen molar-refractivity contribution in [3.63, 3.8) is 0 Å².